The maximum Gasteiger partial charge on any atom is 0.470 e. The Hall–Kier alpha value is -7.26. The molecule has 21 N–H and O–H groups in total. The van der Waals surface area contributed by atoms with Crippen molar-refractivity contribution in [2.75, 3.05) is 52.8 Å². The Morgan fingerprint density at radius 2 is 1.12 bits per heavy atom. The number of carboxylic acid groups (broad SMARTS) is 1. The first kappa shape index (κ1) is 106. The number of phosphoric ester groups is 1. The molecule has 30 atom stereocenters. The average Bonchev–Trinajstić information content (AvgIpc) is 0.822. The topological polar surface area (TPSA) is 732 Å². The Morgan fingerprint density at radius 1 is 0.571 bits per heavy atom. The fourth-order valence-electron chi connectivity index (χ4n) is 14.1. The van der Waals surface area contributed by atoms with E-state index >= 15 is 0 Å². The van der Waals surface area contributed by atoms with Crippen LogP contribution in [0.4, 0.5) is 0 Å². The summed E-state index contributed by atoms with van der Waals surface area (Å²) < 4.78 is 100. The number of rotatable bonds is 50. The van der Waals surface area contributed by atoms with Crippen molar-refractivity contribution in [1.29, 1.82) is 0 Å². The van der Waals surface area contributed by atoms with E-state index in [4.69, 9.17) is 70.8 Å². The molecule has 49 nitrogen and oxygen atoms in total. The number of aliphatic hydroxyl groups excluding tert-OH is 14. The standard InChI is InChI=1S/C76H120N7O42P/c1-7-38(88)25-50(94)79-57-67(120-54(98)26-39(89)8-2)61(102)47(35-113-72-58(80-51(95)27-40(9-3)114-52(96)11-5)69(66(46(34-87)117-72)125-126(108,109)110)121-55(99)28-41(10-4)115-53(97)12-6)119-71(57)111-22-20-77-48(92)19-18-37-30-83(82-81-37)21-23-112-73-63(104)62(103)65(45(33-86)118-73)122-74-64(105)70(60(101)44(32-85)116-74)124-76(75(106)107)29-42(90)56(68(123-76)59(100)43(91)31-84)78-49(93)24-36-16-14-13-15-17-36/h13-17,30,38-47,56-74,84-91,100-105H,7-12,18-29,31-35H2,1-6H3,(H,77,92)(H,78,93)(H,79,94)(H,80,95)(H,106,107)(H2,108,109,110)/t38-,39-,40-,41-,42-,43-,44?,45?,46?,47?,56-,57?,58+,59-,60+,61-,62?,63+,64+,65-,66-,67-,68?,69?,70?,71+,72-,73-,74+,76+/m1/s1. The van der Waals surface area contributed by atoms with E-state index in [0.717, 1.165) is 0 Å². The van der Waals surface area contributed by atoms with Crippen molar-refractivity contribution in [2.45, 2.75) is 321 Å². The fraction of sp³-hybridized carbons (Fsp3) is 0.776. The second kappa shape index (κ2) is 50.8. The summed E-state index contributed by atoms with van der Waals surface area (Å²) in [6.07, 6.45) is -51.6. The molecular formula is C76H120N7O42P. The van der Waals surface area contributed by atoms with E-state index in [-0.39, 0.29) is 83.2 Å². The Bertz CT molecular complexity index is 3800. The summed E-state index contributed by atoms with van der Waals surface area (Å²) in [4.78, 5) is 140. The van der Waals surface area contributed by atoms with Gasteiger partial charge in [0.05, 0.1) is 115 Å². The monoisotopic (exact) mass is 1830 g/mol. The second-order valence-electron chi connectivity index (χ2n) is 30.5. The minimum atomic E-state index is -5.65. The number of aryl methyl sites for hydroxylation is 1. The Kier molecular flexibility index (Phi) is 42.6. The van der Waals surface area contributed by atoms with Gasteiger partial charge >= 0.3 is 37.7 Å². The maximum absolute atomic E-state index is 14.1. The molecule has 0 saturated carbocycles. The zero-order valence-electron chi connectivity index (χ0n) is 70.1. The SMILES string of the molecule is CCC(=O)O[C@H](CC)CC(=O)N[C@H]1C(OC(=O)C[C@@H](CC)OC(=O)CC)[C@H](OP(=O)(O)O)C(CO)O[C@H]1OCC1O[C@H](OCCNC(=O)CCc2cn(CCO[C@@H]3OC(CO)[C@@H](O[C@@H]4OC(CO)[C@H](O)C(O[C@]5(C(=O)O)C[C@@H](O)[C@@H](NC(=O)Cc6ccccc6)C([C@H](O)[C@H](O)CO)O5)[C@@H]4O)C(O)[C@@H]3O)nn2)C(NC(=O)C[C@H](O)CC)[C@@H](OC(=O)C[C@H](O)CC)[C@@H]1O. The van der Waals surface area contributed by atoms with Gasteiger partial charge in [-0.3, -0.25) is 42.9 Å². The number of hydrogen-bond acceptors (Lipinski definition) is 41. The smallest absolute Gasteiger partial charge is 0.470 e. The van der Waals surface area contributed by atoms with E-state index in [1.807, 2.05) is 0 Å². The number of carboxylic acids is 1. The summed E-state index contributed by atoms with van der Waals surface area (Å²) in [5.41, 5.74) is 0.754. The van der Waals surface area contributed by atoms with Crippen LogP contribution in [0.25, 0.3) is 0 Å². The summed E-state index contributed by atoms with van der Waals surface area (Å²) >= 11 is 0. The number of benzene rings is 1. The molecule has 1 aromatic carbocycles. The molecule has 5 saturated heterocycles. The number of amides is 4. The lowest BCUT2D eigenvalue weighted by Crippen LogP contribution is -2.71. The normalized spacial score (nSPS) is 31.4. The highest BCUT2D eigenvalue weighted by Crippen LogP contribution is 2.44. The number of carbonyl (C=O) groups excluding carboxylic acids is 8. The Labute approximate surface area is 721 Å². The van der Waals surface area contributed by atoms with Crippen molar-refractivity contribution >= 4 is 61.3 Å². The van der Waals surface area contributed by atoms with E-state index < -0.39 is 316 Å². The van der Waals surface area contributed by atoms with Crippen LogP contribution in [0.15, 0.2) is 36.5 Å². The molecule has 716 valence electrons. The molecule has 1 aromatic heterocycles. The van der Waals surface area contributed by atoms with Gasteiger partial charge in [0.15, 0.2) is 37.4 Å². The van der Waals surface area contributed by atoms with Crippen molar-refractivity contribution in [1.82, 2.24) is 36.3 Å². The maximum atomic E-state index is 14.1. The number of nitrogens with zero attached hydrogens (tertiary/aromatic N) is 3. The highest BCUT2D eigenvalue weighted by Gasteiger charge is 2.61. The lowest BCUT2D eigenvalue weighted by Gasteiger charge is -2.50. The van der Waals surface area contributed by atoms with Gasteiger partial charge in [0.1, 0.15) is 116 Å². The van der Waals surface area contributed by atoms with Crippen LogP contribution in [0.2, 0.25) is 0 Å². The van der Waals surface area contributed by atoms with Gasteiger partial charge in [0, 0.05) is 44.8 Å². The van der Waals surface area contributed by atoms with E-state index in [1.165, 1.54) is 24.7 Å². The molecule has 4 amide bonds. The number of esters is 4. The lowest BCUT2D eigenvalue weighted by molar-refractivity contribution is -0.386. The number of carbonyl (C=O) groups is 9. The quantitative estimate of drug-likeness (QED) is 0.0127. The number of aliphatic carboxylic acids is 1. The van der Waals surface area contributed by atoms with E-state index in [9.17, 15) is 134 Å². The molecule has 0 bridgehead atoms. The van der Waals surface area contributed by atoms with Crippen molar-refractivity contribution in [3.63, 3.8) is 0 Å². The molecule has 0 spiro atoms. The predicted octanol–water partition coefficient (Wildman–Crippen LogP) is -7.96. The highest BCUT2D eigenvalue weighted by molar-refractivity contribution is 7.46. The van der Waals surface area contributed by atoms with Gasteiger partial charge in [0.2, 0.25) is 23.6 Å². The number of hydrogen-bond donors (Lipinski definition) is 21. The van der Waals surface area contributed by atoms with Crippen LogP contribution in [-0.2, 0) is 138 Å². The second-order valence-corrected chi connectivity index (χ2v) is 31.7. The van der Waals surface area contributed by atoms with Crippen LogP contribution in [0, 0.1) is 0 Å². The van der Waals surface area contributed by atoms with Gasteiger partial charge in [-0.05, 0) is 31.2 Å². The van der Waals surface area contributed by atoms with Crippen LogP contribution < -0.4 is 21.3 Å². The van der Waals surface area contributed by atoms with E-state index in [2.05, 4.69) is 31.6 Å². The predicted molar refractivity (Wildman–Crippen MR) is 414 cm³/mol. The Balaban J connectivity index is 1.00. The summed E-state index contributed by atoms with van der Waals surface area (Å²) in [5.74, 6) is -12.2. The van der Waals surface area contributed by atoms with E-state index in [0.29, 0.717) is 5.56 Å². The van der Waals surface area contributed by atoms with Crippen molar-refractivity contribution in [2.24, 2.45) is 0 Å². The zero-order chi connectivity index (χ0) is 93.0. The highest BCUT2D eigenvalue weighted by atomic mass is 31.2. The number of phosphoric acid groups is 1. The molecule has 9 unspecified atom stereocenters. The summed E-state index contributed by atoms with van der Waals surface area (Å²) in [5, 5.41) is 183. The number of aliphatic hydroxyl groups is 14. The van der Waals surface area contributed by atoms with Crippen molar-refractivity contribution < 1.29 is 205 Å². The third kappa shape index (κ3) is 30.4. The third-order valence-electron chi connectivity index (χ3n) is 21.1. The minimum Gasteiger partial charge on any atom is -0.477 e. The molecule has 5 aliphatic heterocycles. The van der Waals surface area contributed by atoms with Gasteiger partial charge < -0.3 is 174 Å². The lowest BCUT2D eigenvalue weighted by atomic mass is 9.88. The van der Waals surface area contributed by atoms with Gasteiger partial charge in [0.25, 0.3) is 5.79 Å². The third-order valence-corrected chi connectivity index (χ3v) is 21.7. The number of nitrogens with one attached hydrogen (secondary N) is 4. The molecule has 6 heterocycles. The van der Waals surface area contributed by atoms with Gasteiger partial charge in [-0.2, -0.15) is 0 Å². The van der Waals surface area contributed by atoms with Crippen LogP contribution in [-0.4, -0.2) is 391 Å². The molecule has 7 rings (SSSR count). The molecule has 2 aromatic rings. The average molecular weight is 1830 g/mol. The minimum absolute atomic E-state index is 0.0511. The van der Waals surface area contributed by atoms with Gasteiger partial charge in [-0.15, -0.1) is 5.10 Å². The number of ether oxygens (including phenoxy) is 14. The largest absolute Gasteiger partial charge is 0.477 e. The zero-order valence-corrected chi connectivity index (χ0v) is 71.0. The number of aromatic nitrogens is 3. The van der Waals surface area contributed by atoms with Crippen LogP contribution >= 0.6 is 7.82 Å². The molecular weight excluding hydrogens is 1710 g/mol. The molecule has 50 heteroatoms. The van der Waals surface area contributed by atoms with Crippen LogP contribution in [0.5, 0.6) is 0 Å². The van der Waals surface area contributed by atoms with E-state index in [1.54, 1.807) is 58.0 Å². The van der Waals surface area contributed by atoms with Crippen LogP contribution in [0.1, 0.15) is 130 Å². The van der Waals surface area contributed by atoms with Crippen molar-refractivity contribution in [3.8, 4) is 0 Å². The summed E-state index contributed by atoms with van der Waals surface area (Å²) in [7, 11) is -5.65. The van der Waals surface area contributed by atoms with Crippen molar-refractivity contribution in [3.05, 3.63) is 47.8 Å². The molecule has 126 heavy (non-hydrogen) atoms. The molecule has 5 fully saturated rings. The molecule has 5 aliphatic rings. The fourth-order valence-corrected chi connectivity index (χ4v) is 14.7. The van der Waals surface area contributed by atoms with Crippen LogP contribution in [0.3, 0.4) is 0 Å². The van der Waals surface area contributed by atoms with Gasteiger partial charge in [-0.25, -0.2) is 14.0 Å². The first-order chi connectivity index (χ1) is 59.8. The summed E-state index contributed by atoms with van der Waals surface area (Å²) in [6, 6.07) is 2.86. The van der Waals surface area contributed by atoms with Gasteiger partial charge in [-0.1, -0.05) is 77.1 Å². The first-order valence-corrected chi connectivity index (χ1v) is 42.9. The first-order valence-electron chi connectivity index (χ1n) is 41.4. The molecule has 0 radical (unpaired) electrons. The Morgan fingerprint density at radius 3 is 1.72 bits per heavy atom. The molecule has 0 aliphatic carbocycles. The summed E-state index contributed by atoms with van der Waals surface area (Å²) in [6.45, 7) is 2.65.